The lowest BCUT2D eigenvalue weighted by Gasteiger charge is -2.12. The number of para-hydroxylation sites is 1. The maximum absolute atomic E-state index is 13.2. The third kappa shape index (κ3) is 6.24. The fraction of sp³-hybridized carbons (Fsp3) is 0.103. The number of carboxylic acids is 1. The van der Waals surface area contributed by atoms with E-state index in [1.807, 2.05) is 60.8 Å². The van der Waals surface area contributed by atoms with Crippen LogP contribution in [-0.2, 0) is 16.2 Å². The van der Waals surface area contributed by atoms with Crippen LogP contribution in [0.25, 0.3) is 23.0 Å². The van der Waals surface area contributed by atoms with Gasteiger partial charge in [-0.1, -0.05) is 66.4 Å². The number of carboxylic acid groups (broad SMARTS) is 1. The quantitative estimate of drug-likeness (QED) is 0.201. The number of hydrogen-bond donors (Lipinski definition) is 1. The Morgan fingerprint density at radius 2 is 1.85 bits per heavy atom. The van der Waals surface area contributed by atoms with Crippen LogP contribution >= 0.6 is 24.0 Å². The number of carbonyl (C=O) groups excluding carboxylic acids is 1. The van der Waals surface area contributed by atoms with E-state index in [1.165, 1.54) is 17.0 Å². The van der Waals surface area contributed by atoms with Gasteiger partial charge in [0.1, 0.15) is 28.2 Å². The lowest BCUT2D eigenvalue weighted by Crippen LogP contribution is -2.30. The first-order valence-electron chi connectivity index (χ1n) is 12.0. The van der Waals surface area contributed by atoms with Crippen molar-refractivity contribution >= 4 is 46.3 Å². The van der Waals surface area contributed by atoms with Crippen molar-refractivity contribution in [1.82, 2.24) is 14.7 Å². The topological polar surface area (TPSA) is 84.7 Å². The fourth-order valence-corrected chi connectivity index (χ4v) is 5.25. The summed E-state index contributed by atoms with van der Waals surface area (Å²) in [5.41, 5.74) is 3.76. The zero-order valence-corrected chi connectivity index (χ0v) is 22.1. The molecule has 0 atom stereocenters. The number of hydrogen-bond acceptors (Lipinski definition) is 6. The molecular formula is C29H22FN3O4S2. The summed E-state index contributed by atoms with van der Waals surface area (Å²) in [7, 11) is 0. The van der Waals surface area contributed by atoms with Gasteiger partial charge in [-0.2, -0.15) is 5.10 Å². The molecule has 0 radical (unpaired) electrons. The molecule has 0 bridgehead atoms. The molecule has 1 fully saturated rings. The molecular weight excluding hydrogens is 537 g/mol. The molecule has 10 heteroatoms. The number of amides is 1. The van der Waals surface area contributed by atoms with Crippen LogP contribution in [0.15, 0.2) is 90.0 Å². The molecule has 1 aliphatic rings. The first kappa shape index (κ1) is 26.3. The molecule has 0 saturated carbocycles. The van der Waals surface area contributed by atoms with Crippen LogP contribution < -0.4 is 4.74 Å². The molecule has 2 heterocycles. The van der Waals surface area contributed by atoms with Crippen LogP contribution in [-0.4, -0.2) is 42.5 Å². The average molecular weight is 560 g/mol. The van der Waals surface area contributed by atoms with Crippen LogP contribution in [0, 0.1) is 5.82 Å². The number of rotatable bonds is 9. The van der Waals surface area contributed by atoms with Gasteiger partial charge in [0.15, 0.2) is 0 Å². The van der Waals surface area contributed by atoms with E-state index in [2.05, 4.69) is 0 Å². The molecule has 1 amide bonds. The normalized spacial score (nSPS) is 14.3. The van der Waals surface area contributed by atoms with Crippen molar-refractivity contribution in [1.29, 1.82) is 0 Å². The first-order valence-corrected chi connectivity index (χ1v) is 13.2. The standard InChI is InChI=1S/C29H22FN3O4S2/c30-22-11-9-19(10-12-22)18-37-24-8-4-5-20(15-24)27-21(17-33(31-27)23-6-2-1-3-7-23)16-25-28(36)32(29(38)39-25)14-13-26(34)35/h1-12,15-17H,13-14,18H2,(H,34,35). The predicted molar refractivity (Wildman–Crippen MR) is 152 cm³/mol. The Morgan fingerprint density at radius 3 is 2.59 bits per heavy atom. The van der Waals surface area contributed by atoms with Crippen molar-refractivity contribution in [2.75, 3.05) is 6.54 Å². The minimum atomic E-state index is -0.999. The van der Waals surface area contributed by atoms with Gasteiger partial charge >= 0.3 is 5.97 Å². The number of aromatic nitrogens is 2. The molecule has 4 aromatic rings. The number of thioether (sulfide) groups is 1. The van der Waals surface area contributed by atoms with Crippen LogP contribution in [0.5, 0.6) is 5.75 Å². The van der Waals surface area contributed by atoms with Crippen LogP contribution in [0.4, 0.5) is 4.39 Å². The van der Waals surface area contributed by atoms with Crippen molar-refractivity contribution in [3.63, 3.8) is 0 Å². The van der Waals surface area contributed by atoms with E-state index in [4.69, 9.17) is 27.2 Å². The van der Waals surface area contributed by atoms with Gasteiger partial charge in [0.2, 0.25) is 0 Å². The Kier molecular flexibility index (Phi) is 7.85. The molecule has 1 aliphatic heterocycles. The highest BCUT2D eigenvalue weighted by atomic mass is 32.2. The van der Waals surface area contributed by atoms with E-state index in [0.29, 0.717) is 26.2 Å². The zero-order valence-electron chi connectivity index (χ0n) is 20.5. The number of thiocarbonyl (C=S) groups is 1. The summed E-state index contributed by atoms with van der Waals surface area (Å²) in [6.07, 6.45) is 3.37. The maximum atomic E-state index is 13.2. The molecule has 1 saturated heterocycles. The number of aliphatic carboxylic acids is 1. The van der Waals surface area contributed by atoms with Gasteiger partial charge in [-0.25, -0.2) is 9.07 Å². The number of carbonyl (C=O) groups is 2. The molecule has 1 aromatic heterocycles. The maximum Gasteiger partial charge on any atom is 0.305 e. The lowest BCUT2D eigenvalue weighted by atomic mass is 10.1. The Hall–Kier alpha value is -4.28. The zero-order chi connectivity index (χ0) is 27.4. The van der Waals surface area contributed by atoms with E-state index in [0.717, 1.165) is 28.6 Å². The van der Waals surface area contributed by atoms with E-state index >= 15 is 0 Å². The lowest BCUT2D eigenvalue weighted by molar-refractivity contribution is -0.137. The smallest absolute Gasteiger partial charge is 0.305 e. The number of nitrogens with zero attached hydrogens (tertiary/aromatic N) is 3. The third-order valence-electron chi connectivity index (χ3n) is 5.90. The summed E-state index contributed by atoms with van der Waals surface area (Å²) in [5, 5.41) is 13.8. The van der Waals surface area contributed by atoms with Crippen molar-refractivity contribution in [3.05, 3.63) is 107 Å². The number of benzene rings is 3. The first-order chi connectivity index (χ1) is 18.9. The molecule has 0 unspecified atom stereocenters. The average Bonchev–Trinajstić information content (AvgIpc) is 3.48. The second kappa shape index (κ2) is 11.6. The number of ether oxygens (including phenoxy) is 1. The summed E-state index contributed by atoms with van der Waals surface area (Å²) in [6, 6.07) is 23.2. The van der Waals surface area contributed by atoms with Gasteiger partial charge in [-0.15, -0.1) is 0 Å². The summed E-state index contributed by atoms with van der Waals surface area (Å²) in [4.78, 5) is 25.8. The van der Waals surface area contributed by atoms with Gasteiger partial charge in [-0.05, 0) is 48.0 Å². The van der Waals surface area contributed by atoms with E-state index in [1.54, 1.807) is 22.9 Å². The highest BCUT2D eigenvalue weighted by molar-refractivity contribution is 8.26. The largest absolute Gasteiger partial charge is 0.489 e. The molecule has 3 aromatic carbocycles. The van der Waals surface area contributed by atoms with Gasteiger partial charge in [0, 0.05) is 23.9 Å². The second-order valence-corrected chi connectivity index (χ2v) is 10.3. The van der Waals surface area contributed by atoms with E-state index < -0.39 is 5.97 Å². The van der Waals surface area contributed by atoms with E-state index in [-0.39, 0.29) is 31.3 Å². The van der Waals surface area contributed by atoms with Crippen LogP contribution in [0.1, 0.15) is 17.5 Å². The summed E-state index contributed by atoms with van der Waals surface area (Å²) >= 11 is 6.48. The summed E-state index contributed by atoms with van der Waals surface area (Å²) in [6.45, 7) is 0.286. The van der Waals surface area contributed by atoms with Crippen molar-refractivity contribution in [3.8, 4) is 22.7 Å². The molecule has 5 rings (SSSR count). The molecule has 1 N–H and O–H groups in total. The summed E-state index contributed by atoms with van der Waals surface area (Å²) in [5.74, 6) is -1.03. The van der Waals surface area contributed by atoms with Crippen molar-refractivity contribution < 1.29 is 23.8 Å². The predicted octanol–water partition coefficient (Wildman–Crippen LogP) is 5.93. The minimum absolute atomic E-state index is 0.0148. The Labute approximate surface area is 233 Å². The SMILES string of the molecule is O=C(O)CCN1C(=O)C(=Cc2cn(-c3ccccc3)nc2-c2cccc(OCc3ccc(F)cc3)c2)SC1=S. The van der Waals surface area contributed by atoms with Gasteiger partial charge in [0.05, 0.1) is 17.0 Å². The van der Waals surface area contributed by atoms with E-state index in [9.17, 15) is 14.0 Å². The van der Waals surface area contributed by atoms with Gasteiger partial charge < -0.3 is 9.84 Å². The molecule has 196 valence electrons. The monoisotopic (exact) mass is 559 g/mol. The third-order valence-corrected chi connectivity index (χ3v) is 7.28. The highest BCUT2D eigenvalue weighted by Gasteiger charge is 2.32. The number of halogens is 1. The van der Waals surface area contributed by atoms with Gasteiger partial charge in [0.25, 0.3) is 5.91 Å². The minimum Gasteiger partial charge on any atom is -0.489 e. The Morgan fingerprint density at radius 1 is 1.08 bits per heavy atom. The summed E-state index contributed by atoms with van der Waals surface area (Å²) < 4.78 is 21.2. The van der Waals surface area contributed by atoms with Crippen molar-refractivity contribution in [2.24, 2.45) is 0 Å². The van der Waals surface area contributed by atoms with Crippen molar-refractivity contribution in [2.45, 2.75) is 13.0 Å². The van der Waals surface area contributed by atoms with Gasteiger partial charge in [-0.3, -0.25) is 14.5 Å². The molecule has 0 spiro atoms. The second-order valence-electron chi connectivity index (χ2n) is 8.63. The Balaban J connectivity index is 1.47. The highest BCUT2D eigenvalue weighted by Crippen LogP contribution is 2.35. The molecule has 7 nitrogen and oxygen atoms in total. The van der Waals surface area contributed by atoms with Crippen LogP contribution in [0.3, 0.4) is 0 Å². The Bertz CT molecular complexity index is 1570. The van der Waals surface area contributed by atoms with Crippen LogP contribution in [0.2, 0.25) is 0 Å². The fourth-order valence-electron chi connectivity index (χ4n) is 3.95. The molecule has 0 aliphatic carbocycles. The molecule has 39 heavy (non-hydrogen) atoms.